The van der Waals surface area contributed by atoms with Crippen LogP contribution in [0.1, 0.15) is 64.1 Å². The molecule has 0 aliphatic carbocycles. The standard InChI is InChI=1S/C24H27NO4/c1-3-17-10-11-19(4-2)21(14-17)22(26)16-29-24(28)20-8-5-7-18(13-20)15-25-12-6-9-23(25)27/h5,7-8,10-11,13-14H,3-4,6,9,12,15-16H2,1-2H3. The molecule has 1 aliphatic rings. The summed E-state index contributed by atoms with van der Waals surface area (Å²) in [7, 11) is 0. The van der Waals surface area contributed by atoms with Crippen molar-refractivity contribution in [2.75, 3.05) is 13.2 Å². The van der Waals surface area contributed by atoms with Crippen molar-refractivity contribution in [2.45, 2.75) is 46.1 Å². The number of ketones is 1. The molecule has 1 saturated heterocycles. The summed E-state index contributed by atoms with van der Waals surface area (Å²) in [4.78, 5) is 38.7. The third-order valence-corrected chi connectivity index (χ3v) is 5.31. The second-order valence-electron chi connectivity index (χ2n) is 7.32. The summed E-state index contributed by atoms with van der Waals surface area (Å²) in [6.45, 7) is 4.99. The number of carbonyl (C=O) groups excluding carboxylic acids is 3. The SMILES string of the molecule is CCc1ccc(CC)c(C(=O)COC(=O)c2cccc(CN3CCCC3=O)c2)c1. The molecule has 0 atom stereocenters. The number of carbonyl (C=O) groups is 3. The minimum absolute atomic E-state index is 0.143. The monoisotopic (exact) mass is 393 g/mol. The van der Waals surface area contributed by atoms with Gasteiger partial charge in [0.15, 0.2) is 6.61 Å². The summed E-state index contributed by atoms with van der Waals surface area (Å²) in [6.07, 6.45) is 3.05. The largest absolute Gasteiger partial charge is 0.454 e. The van der Waals surface area contributed by atoms with E-state index in [0.717, 1.165) is 42.5 Å². The molecular formula is C24H27NO4. The van der Waals surface area contributed by atoms with Crippen molar-refractivity contribution >= 4 is 17.7 Å². The Kier molecular flexibility index (Phi) is 6.81. The van der Waals surface area contributed by atoms with E-state index in [9.17, 15) is 14.4 Å². The zero-order chi connectivity index (χ0) is 20.8. The molecule has 1 aliphatic heterocycles. The highest BCUT2D eigenvalue weighted by Crippen LogP contribution is 2.17. The maximum absolute atomic E-state index is 12.6. The summed E-state index contributed by atoms with van der Waals surface area (Å²) < 4.78 is 5.29. The zero-order valence-electron chi connectivity index (χ0n) is 17.1. The van der Waals surface area contributed by atoms with E-state index in [-0.39, 0.29) is 18.3 Å². The van der Waals surface area contributed by atoms with E-state index in [4.69, 9.17) is 4.74 Å². The molecule has 29 heavy (non-hydrogen) atoms. The molecule has 0 unspecified atom stereocenters. The third kappa shape index (κ3) is 5.11. The summed E-state index contributed by atoms with van der Waals surface area (Å²) in [5, 5.41) is 0. The first-order valence-electron chi connectivity index (χ1n) is 10.2. The number of hydrogen-bond acceptors (Lipinski definition) is 4. The minimum Gasteiger partial charge on any atom is -0.454 e. The molecule has 1 fully saturated rings. The Morgan fingerprint density at radius 3 is 2.55 bits per heavy atom. The quantitative estimate of drug-likeness (QED) is 0.503. The van der Waals surface area contributed by atoms with Crippen LogP contribution in [0.3, 0.4) is 0 Å². The fourth-order valence-corrected chi connectivity index (χ4v) is 3.59. The Balaban J connectivity index is 1.64. The van der Waals surface area contributed by atoms with Crippen molar-refractivity contribution in [2.24, 2.45) is 0 Å². The van der Waals surface area contributed by atoms with Crippen LogP contribution in [0.15, 0.2) is 42.5 Å². The van der Waals surface area contributed by atoms with Crippen molar-refractivity contribution in [3.8, 4) is 0 Å². The topological polar surface area (TPSA) is 63.7 Å². The highest BCUT2D eigenvalue weighted by Gasteiger charge is 2.21. The van der Waals surface area contributed by atoms with Crippen LogP contribution in [-0.4, -0.2) is 35.7 Å². The average molecular weight is 393 g/mol. The summed E-state index contributed by atoms with van der Waals surface area (Å²) in [5.74, 6) is -0.577. The lowest BCUT2D eigenvalue weighted by atomic mass is 9.98. The molecule has 152 valence electrons. The van der Waals surface area contributed by atoms with Gasteiger partial charge in [0, 0.05) is 25.1 Å². The molecule has 0 radical (unpaired) electrons. The number of hydrogen-bond donors (Lipinski definition) is 0. The predicted molar refractivity (Wildman–Crippen MR) is 111 cm³/mol. The van der Waals surface area contributed by atoms with Gasteiger partial charge in [-0.2, -0.15) is 0 Å². The Morgan fingerprint density at radius 1 is 1.03 bits per heavy atom. The van der Waals surface area contributed by atoms with E-state index in [0.29, 0.717) is 24.1 Å². The van der Waals surface area contributed by atoms with Crippen LogP contribution in [0.4, 0.5) is 0 Å². The molecule has 5 nitrogen and oxygen atoms in total. The highest BCUT2D eigenvalue weighted by molar-refractivity contribution is 6.00. The molecular weight excluding hydrogens is 366 g/mol. The first kappa shape index (κ1) is 20.8. The van der Waals surface area contributed by atoms with E-state index in [2.05, 4.69) is 0 Å². The molecule has 0 spiro atoms. The second-order valence-corrected chi connectivity index (χ2v) is 7.32. The number of benzene rings is 2. The van der Waals surface area contributed by atoms with Gasteiger partial charge in [-0.15, -0.1) is 0 Å². The van der Waals surface area contributed by atoms with Gasteiger partial charge < -0.3 is 9.64 Å². The Hall–Kier alpha value is -2.95. The van der Waals surface area contributed by atoms with Gasteiger partial charge in [0.05, 0.1) is 5.56 Å². The predicted octanol–water partition coefficient (Wildman–Crippen LogP) is 3.97. The Labute approximate surface area is 171 Å². The number of likely N-dealkylation sites (tertiary alicyclic amines) is 1. The van der Waals surface area contributed by atoms with Crippen molar-refractivity contribution in [3.05, 3.63) is 70.3 Å². The molecule has 3 rings (SSSR count). The van der Waals surface area contributed by atoms with E-state index in [1.807, 2.05) is 38.1 Å². The highest BCUT2D eigenvalue weighted by atomic mass is 16.5. The number of nitrogens with zero attached hydrogens (tertiary/aromatic N) is 1. The van der Waals surface area contributed by atoms with Crippen LogP contribution in [-0.2, 0) is 28.9 Å². The van der Waals surface area contributed by atoms with E-state index in [1.54, 1.807) is 23.1 Å². The van der Waals surface area contributed by atoms with Gasteiger partial charge in [-0.25, -0.2) is 4.79 Å². The minimum atomic E-state index is -0.530. The summed E-state index contributed by atoms with van der Waals surface area (Å²) >= 11 is 0. The van der Waals surface area contributed by atoms with E-state index in [1.165, 1.54) is 0 Å². The van der Waals surface area contributed by atoms with Crippen molar-refractivity contribution in [1.29, 1.82) is 0 Å². The fourth-order valence-electron chi connectivity index (χ4n) is 3.59. The first-order valence-corrected chi connectivity index (χ1v) is 10.2. The van der Waals surface area contributed by atoms with Gasteiger partial charge in [-0.1, -0.05) is 38.1 Å². The average Bonchev–Trinajstić information content (AvgIpc) is 3.15. The number of esters is 1. The molecule has 0 aromatic heterocycles. The van der Waals surface area contributed by atoms with Crippen LogP contribution < -0.4 is 0 Å². The maximum atomic E-state index is 12.6. The Bertz CT molecular complexity index is 919. The van der Waals surface area contributed by atoms with Gasteiger partial charge in [0.2, 0.25) is 11.7 Å². The van der Waals surface area contributed by atoms with Gasteiger partial charge in [0.1, 0.15) is 0 Å². The van der Waals surface area contributed by atoms with Gasteiger partial charge in [-0.3, -0.25) is 9.59 Å². The molecule has 2 aromatic rings. The normalized spacial score (nSPS) is 13.6. The van der Waals surface area contributed by atoms with Crippen LogP contribution in [0.25, 0.3) is 0 Å². The summed E-state index contributed by atoms with van der Waals surface area (Å²) in [5.41, 5.74) is 3.94. The number of Topliss-reactive ketones (excluding diaryl/α,β-unsaturated/α-hetero) is 1. The van der Waals surface area contributed by atoms with Crippen molar-refractivity contribution < 1.29 is 19.1 Å². The molecule has 1 heterocycles. The van der Waals surface area contributed by atoms with Gasteiger partial charge in [0.25, 0.3) is 0 Å². The van der Waals surface area contributed by atoms with Gasteiger partial charge in [-0.05, 0) is 54.2 Å². The molecule has 1 amide bonds. The molecule has 0 bridgehead atoms. The molecule has 2 aromatic carbocycles. The van der Waals surface area contributed by atoms with Crippen LogP contribution >= 0.6 is 0 Å². The van der Waals surface area contributed by atoms with E-state index >= 15 is 0 Å². The molecule has 0 saturated carbocycles. The van der Waals surface area contributed by atoms with E-state index < -0.39 is 5.97 Å². The molecule has 0 N–H and O–H groups in total. The lowest BCUT2D eigenvalue weighted by Gasteiger charge is -2.16. The number of amides is 1. The zero-order valence-corrected chi connectivity index (χ0v) is 17.1. The smallest absolute Gasteiger partial charge is 0.338 e. The van der Waals surface area contributed by atoms with Crippen LogP contribution in [0, 0.1) is 0 Å². The van der Waals surface area contributed by atoms with Crippen LogP contribution in [0.5, 0.6) is 0 Å². The fraction of sp³-hybridized carbons (Fsp3) is 0.375. The number of aryl methyl sites for hydroxylation is 2. The third-order valence-electron chi connectivity index (χ3n) is 5.31. The number of ether oxygens (including phenoxy) is 1. The number of rotatable bonds is 8. The molecule has 5 heteroatoms. The van der Waals surface area contributed by atoms with Crippen molar-refractivity contribution in [1.82, 2.24) is 4.90 Å². The summed E-state index contributed by atoms with van der Waals surface area (Å²) in [6, 6.07) is 12.9. The van der Waals surface area contributed by atoms with Gasteiger partial charge >= 0.3 is 5.97 Å². The Morgan fingerprint density at radius 2 is 1.86 bits per heavy atom. The van der Waals surface area contributed by atoms with Crippen LogP contribution in [0.2, 0.25) is 0 Å². The lowest BCUT2D eigenvalue weighted by molar-refractivity contribution is -0.128. The van der Waals surface area contributed by atoms with Crippen molar-refractivity contribution in [3.63, 3.8) is 0 Å². The maximum Gasteiger partial charge on any atom is 0.338 e. The lowest BCUT2D eigenvalue weighted by Crippen LogP contribution is -2.24. The second kappa shape index (κ2) is 9.50. The first-order chi connectivity index (χ1) is 14.0.